The fourth-order valence-electron chi connectivity index (χ4n) is 11.7. The summed E-state index contributed by atoms with van der Waals surface area (Å²) in [6.45, 7) is 27.7. The molecule has 0 aliphatic heterocycles. The van der Waals surface area contributed by atoms with Crippen molar-refractivity contribution in [2.75, 3.05) is 9.80 Å². The Hall–Kier alpha value is -6.12. The highest BCUT2D eigenvalue weighted by Gasteiger charge is 2.50. The predicted octanol–water partition coefficient (Wildman–Crippen LogP) is 16.6. The third-order valence-electron chi connectivity index (χ3n) is 14.8. The predicted molar refractivity (Wildman–Crippen MR) is 266 cm³/mol. The molecule has 0 bridgehead atoms. The van der Waals surface area contributed by atoms with Gasteiger partial charge in [-0.05, 0) is 170 Å². The number of nitrogens with zero attached hydrogens (tertiary/aromatic N) is 2. The first-order valence-electron chi connectivity index (χ1n) is 22.6. The summed E-state index contributed by atoms with van der Waals surface area (Å²) in [5.74, 6) is 0.619. The van der Waals surface area contributed by atoms with E-state index in [0.29, 0.717) is 11.8 Å². The maximum atomic E-state index is 2.69. The molecular formula is C60H60N2. The van der Waals surface area contributed by atoms with Crippen LogP contribution in [0.4, 0.5) is 34.1 Å². The summed E-state index contributed by atoms with van der Waals surface area (Å²) in [5.41, 5.74) is 25.9. The Balaban J connectivity index is 1.14. The van der Waals surface area contributed by atoms with Crippen molar-refractivity contribution >= 4 is 50.5 Å². The van der Waals surface area contributed by atoms with Crippen LogP contribution in [0.1, 0.15) is 100 Å². The Morgan fingerprint density at radius 2 is 0.919 bits per heavy atom. The van der Waals surface area contributed by atoms with Gasteiger partial charge in [-0.3, -0.25) is 0 Å². The van der Waals surface area contributed by atoms with E-state index in [1.54, 1.807) is 0 Å². The second-order valence-electron chi connectivity index (χ2n) is 20.0. The molecular weight excluding hydrogens is 749 g/mol. The van der Waals surface area contributed by atoms with Crippen LogP contribution in [-0.4, -0.2) is 0 Å². The summed E-state index contributed by atoms with van der Waals surface area (Å²) in [5, 5.41) is 2.61. The molecule has 0 radical (unpaired) electrons. The minimum atomic E-state index is -0.198. The Morgan fingerprint density at radius 3 is 1.42 bits per heavy atom. The molecule has 0 heterocycles. The van der Waals surface area contributed by atoms with E-state index >= 15 is 0 Å². The van der Waals surface area contributed by atoms with E-state index in [1.165, 1.54) is 123 Å². The zero-order valence-corrected chi connectivity index (χ0v) is 38.8. The zero-order valence-electron chi connectivity index (χ0n) is 38.8. The molecule has 0 saturated carbocycles. The van der Waals surface area contributed by atoms with Crippen LogP contribution in [0.3, 0.4) is 0 Å². The van der Waals surface area contributed by atoms with Crippen molar-refractivity contribution in [3.63, 3.8) is 0 Å². The van der Waals surface area contributed by atoms with Gasteiger partial charge in [0.2, 0.25) is 0 Å². The van der Waals surface area contributed by atoms with Crippen molar-refractivity contribution in [2.24, 2.45) is 5.92 Å². The third kappa shape index (κ3) is 6.04. The summed E-state index contributed by atoms with van der Waals surface area (Å²) >= 11 is 0. The summed E-state index contributed by atoms with van der Waals surface area (Å²) in [6, 6.07) is 46.6. The molecule has 3 aliphatic rings. The topological polar surface area (TPSA) is 6.48 Å². The van der Waals surface area contributed by atoms with Gasteiger partial charge in [-0.15, -0.1) is 0 Å². The summed E-state index contributed by atoms with van der Waals surface area (Å²) < 4.78 is 0. The second-order valence-corrected chi connectivity index (χ2v) is 20.0. The lowest BCUT2D eigenvalue weighted by atomic mass is 9.70. The molecule has 10 rings (SSSR count). The van der Waals surface area contributed by atoms with E-state index in [4.69, 9.17) is 0 Å². The van der Waals surface area contributed by atoms with Crippen LogP contribution in [0, 0.1) is 61.3 Å². The zero-order chi connectivity index (χ0) is 43.6. The van der Waals surface area contributed by atoms with Gasteiger partial charge in [0.05, 0.1) is 5.69 Å². The smallest absolute Gasteiger partial charge is 0.0543 e. The summed E-state index contributed by atoms with van der Waals surface area (Å²) in [6.07, 6.45) is 5.37. The van der Waals surface area contributed by atoms with Crippen LogP contribution in [0.2, 0.25) is 0 Å². The average Bonchev–Trinajstić information content (AvgIpc) is 3.58. The first-order valence-corrected chi connectivity index (χ1v) is 22.6. The molecule has 2 heteroatoms. The normalized spacial score (nSPS) is 17.8. The Bertz CT molecular complexity index is 2970. The number of aryl methyl sites for hydroxylation is 8. The molecule has 3 aliphatic carbocycles. The van der Waals surface area contributed by atoms with Crippen LogP contribution in [0.15, 0.2) is 139 Å². The van der Waals surface area contributed by atoms with E-state index in [-0.39, 0.29) is 10.8 Å². The largest absolute Gasteiger partial charge is 0.310 e. The van der Waals surface area contributed by atoms with Gasteiger partial charge in [0.15, 0.2) is 0 Å². The summed E-state index contributed by atoms with van der Waals surface area (Å²) in [7, 11) is 0. The first kappa shape index (κ1) is 40.0. The van der Waals surface area contributed by atoms with Crippen molar-refractivity contribution in [2.45, 2.75) is 99.8 Å². The lowest BCUT2D eigenvalue weighted by Gasteiger charge is -2.34. The number of benzene rings is 7. The van der Waals surface area contributed by atoms with Crippen molar-refractivity contribution in [1.29, 1.82) is 0 Å². The van der Waals surface area contributed by atoms with Gasteiger partial charge in [0.1, 0.15) is 0 Å². The molecule has 0 amide bonds. The van der Waals surface area contributed by atoms with Crippen molar-refractivity contribution in [3.8, 4) is 0 Å². The molecule has 7 aromatic rings. The number of hydrogen-bond donors (Lipinski definition) is 0. The highest BCUT2D eigenvalue weighted by Crippen LogP contribution is 2.63. The van der Waals surface area contributed by atoms with Gasteiger partial charge in [0, 0.05) is 45.2 Å². The molecule has 2 unspecified atom stereocenters. The van der Waals surface area contributed by atoms with E-state index in [0.717, 1.165) is 0 Å². The molecule has 0 saturated heterocycles. The van der Waals surface area contributed by atoms with Gasteiger partial charge < -0.3 is 9.80 Å². The lowest BCUT2D eigenvalue weighted by molar-refractivity contribution is 0.393. The molecule has 0 spiro atoms. The lowest BCUT2D eigenvalue weighted by Crippen LogP contribution is -2.27. The Labute approximate surface area is 370 Å². The molecule has 310 valence electrons. The maximum absolute atomic E-state index is 2.69. The Morgan fingerprint density at radius 1 is 0.435 bits per heavy atom. The number of anilines is 6. The highest BCUT2D eigenvalue weighted by molar-refractivity contribution is 6.10. The van der Waals surface area contributed by atoms with Crippen molar-refractivity contribution in [1.82, 2.24) is 0 Å². The van der Waals surface area contributed by atoms with Crippen LogP contribution in [0.25, 0.3) is 16.3 Å². The van der Waals surface area contributed by atoms with Gasteiger partial charge in [-0.2, -0.15) is 0 Å². The highest BCUT2D eigenvalue weighted by atomic mass is 15.2. The van der Waals surface area contributed by atoms with Gasteiger partial charge in [-0.25, -0.2) is 0 Å². The van der Waals surface area contributed by atoms with Crippen LogP contribution in [0.5, 0.6) is 0 Å². The standard InChI is InChI=1S/C60H60N2/c1-35-17-23-53(39(5)27-35)61(54-24-18-36(2)28-40(54)6)43-21-22-44-47-32-51-48(33-50(47)59(9,10)49(44)31-43)58-46-16-14-13-15-45(46)57(34-52(58)60(51,11)12)62(55-25-19-37(3)29-41(55)7)56-26-20-38(4)30-42(56)8/h13-34,47,50H,1-12H3. The molecule has 0 aromatic heterocycles. The van der Waals surface area contributed by atoms with E-state index in [9.17, 15) is 0 Å². The minimum Gasteiger partial charge on any atom is -0.310 e. The van der Waals surface area contributed by atoms with Crippen molar-refractivity contribution in [3.05, 3.63) is 206 Å². The van der Waals surface area contributed by atoms with Crippen LogP contribution < -0.4 is 9.80 Å². The number of rotatable bonds is 6. The van der Waals surface area contributed by atoms with E-state index in [2.05, 4.69) is 226 Å². The molecule has 2 nitrogen and oxygen atoms in total. The fraction of sp³-hybridized carbons (Fsp3) is 0.267. The third-order valence-corrected chi connectivity index (χ3v) is 14.8. The van der Waals surface area contributed by atoms with Crippen LogP contribution in [-0.2, 0) is 10.8 Å². The maximum Gasteiger partial charge on any atom is 0.0543 e. The number of allylic oxidation sites excluding steroid dienone is 4. The molecule has 0 fully saturated rings. The average molecular weight is 809 g/mol. The first-order chi connectivity index (χ1) is 29.5. The van der Waals surface area contributed by atoms with E-state index in [1.807, 2.05) is 0 Å². The molecule has 2 atom stereocenters. The minimum absolute atomic E-state index is 0.0906. The monoisotopic (exact) mass is 808 g/mol. The van der Waals surface area contributed by atoms with Gasteiger partial charge in [-0.1, -0.05) is 141 Å². The number of fused-ring (bicyclic) bond motifs is 8. The fourth-order valence-corrected chi connectivity index (χ4v) is 11.7. The van der Waals surface area contributed by atoms with Gasteiger partial charge in [0.25, 0.3) is 0 Å². The number of hydrogen-bond acceptors (Lipinski definition) is 2. The van der Waals surface area contributed by atoms with E-state index < -0.39 is 0 Å². The van der Waals surface area contributed by atoms with Crippen LogP contribution >= 0.6 is 0 Å². The quantitative estimate of drug-likeness (QED) is 0.165. The van der Waals surface area contributed by atoms with Gasteiger partial charge >= 0.3 is 0 Å². The molecule has 0 N–H and O–H groups in total. The molecule has 7 aromatic carbocycles. The SMILES string of the molecule is Cc1ccc(N(c2ccc3c(c2)C(C)(C)C2C=C4C(=CC32)C(C)(C)c2cc(N(c3ccc(C)cc3C)c3ccc(C)cc3C)c3ccccc3c24)c2ccc(C)cc2C)c(C)c1. The second kappa shape index (κ2) is 14.2. The Kier molecular flexibility index (Phi) is 9.16. The molecule has 62 heavy (non-hydrogen) atoms. The van der Waals surface area contributed by atoms with Crippen molar-refractivity contribution < 1.29 is 0 Å². The summed E-state index contributed by atoms with van der Waals surface area (Å²) in [4.78, 5) is 5.04.